The highest BCUT2D eigenvalue weighted by molar-refractivity contribution is 6.02. The molecule has 2 aliphatic heterocycles. The number of aromatic nitrogens is 3. The topological polar surface area (TPSA) is 84.3 Å². The molecule has 1 amide bonds. The van der Waals surface area contributed by atoms with Crippen molar-refractivity contribution < 1.29 is 13.9 Å². The summed E-state index contributed by atoms with van der Waals surface area (Å²) in [5, 5.41) is 14.1. The minimum Gasteiger partial charge on any atom is -0.378 e. The summed E-state index contributed by atoms with van der Waals surface area (Å²) in [5.74, 6) is -0.790. The van der Waals surface area contributed by atoms with Crippen LogP contribution in [0.5, 0.6) is 0 Å². The first kappa shape index (κ1) is 17.9. The average Bonchev–Trinajstić information content (AvgIpc) is 3.19. The molecule has 0 radical (unpaired) electrons. The first-order valence-corrected chi connectivity index (χ1v) is 9.26. The van der Waals surface area contributed by atoms with Crippen molar-refractivity contribution in [3.05, 3.63) is 35.9 Å². The van der Waals surface area contributed by atoms with Gasteiger partial charge in [-0.25, -0.2) is 9.07 Å². The predicted octanol–water partition coefficient (Wildman–Crippen LogP) is 1.43. The summed E-state index contributed by atoms with van der Waals surface area (Å²) in [6, 6.07) is 4.79. The van der Waals surface area contributed by atoms with E-state index in [9.17, 15) is 9.18 Å². The average molecular weight is 374 g/mol. The zero-order valence-electron chi connectivity index (χ0n) is 15.0. The van der Waals surface area contributed by atoms with Crippen LogP contribution in [0.2, 0.25) is 0 Å². The third kappa shape index (κ3) is 4.25. The van der Waals surface area contributed by atoms with Crippen LogP contribution in [0.3, 0.4) is 0 Å². The smallest absolute Gasteiger partial charge is 0.277 e. The number of nitrogens with zero attached hydrogens (tertiary/aromatic N) is 4. The Morgan fingerprint density at radius 2 is 2.00 bits per heavy atom. The SMILES string of the molecule is O=C(Nc1cc(F)cc(N2CCOCC2)c1)c1cn(C2CCNCC2)nn1. The second-order valence-corrected chi connectivity index (χ2v) is 6.82. The van der Waals surface area contributed by atoms with E-state index in [0.29, 0.717) is 32.0 Å². The Labute approximate surface area is 156 Å². The Balaban J connectivity index is 1.46. The van der Waals surface area contributed by atoms with Crippen LogP contribution in [-0.2, 0) is 4.74 Å². The van der Waals surface area contributed by atoms with E-state index in [1.807, 2.05) is 4.90 Å². The summed E-state index contributed by atoms with van der Waals surface area (Å²) in [4.78, 5) is 14.6. The summed E-state index contributed by atoms with van der Waals surface area (Å²) in [6.07, 6.45) is 3.57. The van der Waals surface area contributed by atoms with E-state index < -0.39 is 11.7 Å². The van der Waals surface area contributed by atoms with E-state index in [4.69, 9.17) is 4.74 Å². The van der Waals surface area contributed by atoms with Crippen molar-refractivity contribution in [3.63, 3.8) is 0 Å². The zero-order valence-corrected chi connectivity index (χ0v) is 15.0. The third-order valence-electron chi connectivity index (χ3n) is 4.94. The third-order valence-corrected chi connectivity index (χ3v) is 4.94. The van der Waals surface area contributed by atoms with Crippen molar-refractivity contribution in [1.82, 2.24) is 20.3 Å². The number of morpholine rings is 1. The number of hydrogen-bond donors (Lipinski definition) is 2. The van der Waals surface area contributed by atoms with Crippen LogP contribution in [0.15, 0.2) is 24.4 Å². The molecule has 0 saturated carbocycles. The Morgan fingerprint density at radius 3 is 2.78 bits per heavy atom. The van der Waals surface area contributed by atoms with Gasteiger partial charge < -0.3 is 20.3 Å². The van der Waals surface area contributed by atoms with E-state index in [1.54, 1.807) is 16.9 Å². The molecule has 2 aromatic rings. The lowest BCUT2D eigenvalue weighted by Crippen LogP contribution is -2.36. The van der Waals surface area contributed by atoms with Crippen molar-refractivity contribution >= 4 is 17.3 Å². The van der Waals surface area contributed by atoms with Gasteiger partial charge in [-0.05, 0) is 44.1 Å². The number of nitrogens with one attached hydrogen (secondary N) is 2. The van der Waals surface area contributed by atoms with Gasteiger partial charge in [-0.1, -0.05) is 5.21 Å². The van der Waals surface area contributed by atoms with Crippen LogP contribution in [-0.4, -0.2) is 60.3 Å². The molecule has 0 unspecified atom stereocenters. The number of hydrogen-bond acceptors (Lipinski definition) is 6. The lowest BCUT2D eigenvalue weighted by molar-refractivity contribution is 0.102. The molecule has 2 fully saturated rings. The molecule has 0 spiro atoms. The van der Waals surface area contributed by atoms with Gasteiger partial charge in [-0.15, -0.1) is 5.10 Å². The Kier molecular flexibility index (Phi) is 5.30. The second kappa shape index (κ2) is 8.01. The van der Waals surface area contributed by atoms with Crippen molar-refractivity contribution in [3.8, 4) is 0 Å². The standard InChI is InChI=1S/C18H23FN6O2/c19-13-9-14(11-16(10-13)24-5-7-27-8-6-24)21-18(26)17-12-25(23-22-17)15-1-3-20-4-2-15/h9-12,15,20H,1-8H2,(H,21,26). The number of anilines is 2. The molecule has 0 bridgehead atoms. The fraction of sp³-hybridized carbons (Fsp3) is 0.500. The van der Waals surface area contributed by atoms with Crippen molar-refractivity contribution in [2.24, 2.45) is 0 Å². The maximum absolute atomic E-state index is 14.0. The van der Waals surface area contributed by atoms with E-state index in [2.05, 4.69) is 20.9 Å². The molecule has 0 aliphatic carbocycles. The van der Waals surface area contributed by atoms with Gasteiger partial charge in [0.25, 0.3) is 5.91 Å². The van der Waals surface area contributed by atoms with Gasteiger partial charge in [0, 0.05) is 24.5 Å². The molecule has 4 rings (SSSR count). The maximum atomic E-state index is 14.0. The molecule has 9 heteroatoms. The molecular weight excluding hydrogens is 351 g/mol. The van der Waals surface area contributed by atoms with Crippen LogP contribution in [0, 0.1) is 5.82 Å². The van der Waals surface area contributed by atoms with Crippen LogP contribution in [0.1, 0.15) is 29.4 Å². The predicted molar refractivity (Wildman–Crippen MR) is 98.5 cm³/mol. The van der Waals surface area contributed by atoms with Gasteiger partial charge in [0.2, 0.25) is 0 Å². The number of piperidine rings is 1. The molecule has 1 aromatic carbocycles. The minimum absolute atomic E-state index is 0.228. The van der Waals surface area contributed by atoms with Crippen LogP contribution in [0.4, 0.5) is 15.8 Å². The number of carbonyl (C=O) groups excluding carboxylic acids is 1. The minimum atomic E-state index is -0.396. The molecule has 8 nitrogen and oxygen atoms in total. The van der Waals surface area contributed by atoms with E-state index >= 15 is 0 Å². The van der Waals surface area contributed by atoms with Crippen molar-refractivity contribution in [1.29, 1.82) is 0 Å². The first-order valence-electron chi connectivity index (χ1n) is 9.26. The van der Waals surface area contributed by atoms with Crippen molar-refractivity contribution in [2.45, 2.75) is 18.9 Å². The van der Waals surface area contributed by atoms with Gasteiger partial charge in [0.1, 0.15) is 5.82 Å². The molecule has 3 heterocycles. The quantitative estimate of drug-likeness (QED) is 0.842. The highest BCUT2D eigenvalue weighted by Gasteiger charge is 2.19. The molecule has 2 N–H and O–H groups in total. The molecule has 0 atom stereocenters. The number of amides is 1. The number of rotatable bonds is 4. The Morgan fingerprint density at radius 1 is 1.22 bits per heavy atom. The monoisotopic (exact) mass is 374 g/mol. The van der Waals surface area contributed by atoms with Gasteiger partial charge in [0.15, 0.2) is 5.69 Å². The van der Waals surface area contributed by atoms with E-state index in [-0.39, 0.29) is 11.7 Å². The number of ether oxygens (including phenoxy) is 1. The van der Waals surface area contributed by atoms with Gasteiger partial charge >= 0.3 is 0 Å². The maximum Gasteiger partial charge on any atom is 0.277 e. The summed E-state index contributed by atoms with van der Waals surface area (Å²) in [5.41, 5.74) is 1.36. The lowest BCUT2D eigenvalue weighted by Gasteiger charge is -2.29. The van der Waals surface area contributed by atoms with Crippen LogP contribution < -0.4 is 15.5 Å². The molecule has 2 aliphatic rings. The number of carbonyl (C=O) groups is 1. The second-order valence-electron chi connectivity index (χ2n) is 6.82. The molecule has 1 aromatic heterocycles. The summed E-state index contributed by atoms with van der Waals surface area (Å²) in [6.45, 7) is 4.47. The Hall–Kier alpha value is -2.52. The van der Waals surface area contributed by atoms with Gasteiger partial charge in [-0.3, -0.25) is 4.79 Å². The van der Waals surface area contributed by atoms with E-state index in [1.165, 1.54) is 12.1 Å². The zero-order chi connectivity index (χ0) is 18.6. The molecular formula is C18H23FN6O2. The highest BCUT2D eigenvalue weighted by atomic mass is 19.1. The highest BCUT2D eigenvalue weighted by Crippen LogP contribution is 2.23. The fourth-order valence-corrected chi connectivity index (χ4v) is 3.48. The Bertz CT molecular complexity index is 799. The summed E-state index contributed by atoms with van der Waals surface area (Å²) in [7, 11) is 0. The molecule has 27 heavy (non-hydrogen) atoms. The van der Waals surface area contributed by atoms with Gasteiger partial charge in [-0.2, -0.15) is 0 Å². The number of benzene rings is 1. The number of halogens is 1. The normalized spacial score (nSPS) is 18.5. The van der Waals surface area contributed by atoms with Crippen LogP contribution in [0.25, 0.3) is 0 Å². The van der Waals surface area contributed by atoms with Crippen LogP contribution >= 0.6 is 0 Å². The van der Waals surface area contributed by atoms with E-state index in [0.717, 1.165) is 31.6 Å². The first-order chi connectivity index (χ1) is 13.2. The fourth-order valence-electron chi connectivity index (χ4n) is 3.48. The molecule has 2 saturated heterocycles. The van der Waals surface area contributed by atoms with Gasteiger partial charge in [0.05, 0.1) is 25.5 Å². The molecule has 144 valence electrons. The summed E-state index contributed by atoms with van der Waals surface area (Å²) < 4.78 is 21.1. The van der Waals surface area contributed by atoms with Crippen molar-refractivity contribution in [2.75, 3.05) is 49.6 Å². The largest absolute Gasteiger partial charge is 0.378 e. The summed E-state index contributed by atoms with van der Waals surface area (Å²) >= 11 is 0. The lowest BCUT2D eigenvalue weighted by atomic mass is 10.1.